The van der Waals surface area contributed by atoms with Gasteiger partial charge in [0.15, 0.2) is 0 Å². The summed E-state index contributed by atoms with van der Waals surface area (Å²) in [5.74, 6) is 0.143. The zero-order chi connectivity index (χ0) is 16.9. The van der Waals surface area contributed by atoms with Crippen molar-refractivity contribution in [1.82, 2.24) is 0 Å². The number of ketones is 1. The third kappa shape index (κ3) is 5.48. The molecule has 2 aromatic carbocycles. The number of aromatic nitrogens is 1. The van der Waals surface area contributed by atoms with Crippen LogP contribution in [-0.4, -0.2) is 13.0 Å². The van der Waals surface area contributed by atoms with Crippen molar-refractivity contribution in [2.75, 3.05) is 0 Å². The van der Waals surface area contributed by atoms with Gasteiger partial charge < -0.3 is 17.3 Å². The van der Waals surface area contributed by atoms with E-state index in [1.165, 1.54) is 4.70 Å². The van der Waals surface area contributed by atoms with Crippen LogP contribution in [0.5, 0.6) is 0 Å². The molecule has 23 heavy (non-hydrogen) atoms. The minimum atomic E-state index is -6.00. The largest absolute Gasteiger partial charge is 0.673 e. The minimum Gasteiger partial charge on any atom is -0.418 e. The summed E-state index contributed by atoms with van der Waals surface area (Å²) >= 11 is 1.66. The van der Waals surface area contributed by atoms with Crippen molar-refractivity contribution in [3.05, 3.63) is 65.7 Å². The average molecular weight is 341 g/mol. The second kappa shape index (κ2) is 7.37. The first-order valence-corrected chi connectivity index (χ1v) is 7.54. The van der Waals surface area contributed by atoms with Gasteiger partial charge in [0.05, 0.1) is 0 Å². The summed E-state index contributed by atoms with van der Waals surface area (Å²) < 4.78 is 42.2. The molecule has 120 valence electrons. The highest BCUT2D eigenvalue weighted by atomic mass is 32.1. The molecule has 0 amide bonds. The lowest BCUT2D eigenvalue weighted by atomic mass is 10.1. The smallest absolute Gasteiger partial charge is 0.418 e. The van der Waals surface area contributed by atoms with Crippen molar-refractivity contribution in [3.63, 3.8) is 0 Å². The molecule has 2 nitrogen and oxygen atoms in total. The fraction of sp³-hybridized carbons (Fsp3) is 0.0667. The van der Waals surface area contributed by atoms with Crippen LogP contribution in [0.2, 0.25) is 0 Å². The van der Waals surface area contributed by atoms with Gasteiger partial charge in [0.1, 0.15) is 4.70 Å². The summed E-state index contributed by atoms with van der Waals surface area (Å²) in [5, 5.41) is 0. The molecule has 0 spiro atoms. The monoisotopic (exact) mass is 341 g/mol. The lowest BCUT2D eigenvalue weighted by molar-refractivity contribution is -0.652. The molecular weight excluding hydrogens is 329 g/mol. The van der Waals surface area contributed by atoms with Crippen LogP contribution in [-0.2, 0) is 6.54 Å². The topological polar surface area (TPSA) is 20.9 Å². The van der Waals surface area contributed by atoms with Crippen LogP contribution in [0.15, 0.2) is 60.1 Å². The Balaban J connectivity index is 0.000000338. The fourth-order valence-corrected chi connectivity index (χ4v) is 2.86. The van der Waals surface area contributed by atoms with Gasteiger partial charge in [-0.2, -0.15) is 4.57 Å². The summed E-state index contributed by atoms with van der Waals surface area (Å²) in [4.78, 5) is 12.1. The highest BCUT2D eigenvalue weighted by molar-refractivity contribution is 7.16. The van der Waals surface area contributed by atoms with Crippen molar-refractivity contribution in [2.45, 2.75) is 6.54 Å². The van der Waals surface area contributed by atoms with E-state index in [2.05, 4.69) is 6.07 Å². The van der Waals surface area contributed by atoms with Crippen LogP contribution >= 0.6 is 11.3 Å². The molecule has 8 heteroatoms. The molecule has 0 saturated heterocycles. The van der Waals surface area contributed by atoms with Gasteiger partial charge in [-0.3, -0.25) is 4.79 Å². The molecule has 0 radical (unpaired) electrons. The number of hydrogen-bond donors (Lipinski definition) is 0. The van der Waals surface area contributed by atoms with Gasteiger partial charge in [-0.05, 0) is 6.07 Å². The summed E-state index contributed by atoms with van der Waals surface area (Å²) in [6.07, 6.45) is 0. The second-order valence-electron chi connectivity index (χ2n) is 4.60. The van der Waals surface area contributed by atoms with Crippen LogP contribution in [0.25, 0.3) is 10.2 Å². The Hall–Kier alpha value is -2.22. The van der Waals surface area contributed by atoms with Gasteiger partial charge in [-0.15, -0.1) is 0 Å². The van der Waals surface area contributed by atoms with E-state index in [9.17, 15) is 22.1 Å². The Bertz CT molecular complexity index is 783. The second-order valence-corrected chi connectivity index (χ2v) is 5.49. The molecule has 0 unspecified atom stereocenters. The van der Waals surface area contributed by atoms with E-state index in [1.807, 2.05) is 58.6 Å². The molecule has 0 aliphatic carbocycles. The maximum atomic E-state index is 12.1. The van der Waals surface area contributed by atoms with Gasteiger partial charge in [0, 0.05) is 11.6 Å². The molecule has 0 atom stereocenters. The zero-order valence-electron chi connectivity index (χ0n) is 11.8. The number of nitrogens with zero attached hydrogens (tertiary/aromatic N) is 1. The number of fused-ring (bicyclic) bond motifs is 1. The van der Waals surface area contributed by atoms with Crippen LogP contribution in [0, 0.1) is 0 Å². The summed E-state index contributed by atoms with van der Waals surface area (Å²) in [7, 11) is -6.00. The Kier molecular flexibility index (Phi) is 5.49. The number of halogens is 4. The van der Waals surface area contributed by atoms with Crippen molar-refractivity contribution >= 4 is 34.6 Å². The van der Waals surface area contributed by atoms with E-state index in [0.29, 0.717) is 6.54 Å². The molecule has 0 aliphatic rings. The number of hydrogen-bond acceptors (Lipinski definition) is 2. The molecule has 0 bridgehead atoms. The Morgan fingerprint density at radius 1 is 0.957 bits per heavy atom. The van der Waals surface area contributed by atoms with Crippen molar-refractivity contribution in [1.29, 1.82) is 0 Å². The lowest BCUT2D eigenvalue weighted by Crippen LogP contribution is -2.36. The number of para-hydroxylation sites is 1. The van der Waals surface area contributed by atoms with Crippen LogP contribution < -0.4 is 4.57 Å². The van der Waals surface area contributed by atoms with Gasteiger partial charge in [0.25, 0.3) is 0 Å². The van der Waals surface area contributed by atoms with Crippen molar-refractivity contribution in [3.8, 4) is 0 Å². The van der Waals surface area contributed by atoms with Gasteiger partial charge in [-0.25, -0.2) is 0 Å². The van der Waals surface area contributed by atoms with Crippen molar-refractivity contribution < 1.29 is 26.6 Å². The molecule has 1 aromatic heterocycles. The number of carbonyl (C=O) groups excluding carboxylic acids is 1. The molecule has 0 fully saturated rings. The van der Waals surface area contributed by atoms with E-state index in [0.717, 1.165) is 11.1 Å². The first-order valence-electron chi connectivity index (χ1n) is 6.66. The van der Waals surface area contributed by atoms with Crippen LogP contribution in [0.4, 0.5) is 17.3 Å². The molecule has 0 saturated carbocycles. The Morgan fingerprint density at radius 3 is 2.17 bits per heavy atom. The molecule has 1 heterocycles. The quantitative estimate of drug-likeness (QED) is 0.300. The van der Waals surface area contributed by atoms with E-state index in [1.54, 1.807) is 11.3 Å². The number of carbonyl (C=O) groups is 1. The molecule has 3 rings (SSSR count). The Labute approximate surface area is 134 Å². The van der Waals surface area contributed by atoms with E-state index in [4.69, 9.17) is 0 Å². The van der Waals surface area contributed by atoms with Crippen LogP contribution in [0.1, 0.15) is 10.4 Å². The SMILES string of the molecule is F[B-](F)(F)F.O=C(C[n+]1csc2ccccc21)c1ccccc1. The number of rotatable bonds is 3. The molecule has 3 aromatic rings. The highest BCUT2D eigenvalue weighted by Gasteiger charge is 2.20. The first kappa shape index (κ1) is 17.1. The van der Waals surface area contributed by atoms with Gasteiger partial charge in [-0.1, -0.05) is 53.8 Å². The minimum absolute atomic E-state index is 0.143. The Morgan fingerprint density at radius 2 is 1.52 bits per heavy atom. The molecule has 0 aliphatic heterocycles. The first-order chi connectivity index (χ1) is 10.8. The van der Waals surface area contributed by atoms with E-state index >= 15 is 0 Å². The number of benzene rings is 2. The van der Waals surface area contributed by atoms with E-state index < -0.39 is 7.25 Å². The summed E-state index contributed by atoms with van der Waals surface area (Å²) in [6, 6.07) is 17.6. The average Bonchev–Trinajstić information content (AvgIpc) is 2.90. The van der Waals surface area contributed by atoms with Gasteiger partial charge in [0.2, 0.25) is 23.4 Å². The summed E-state index contributed by atoms with van der Waals surface area (Å²) in [5.41, 5.74) is 3.89. The normalized spacial score (nSPS) is 11.0. The predicted octanol–water partition coefficient (Wildman–Crippen LogP) is 4.37. The third-order valence-electron chi connectivity index (χ3n) is 2.89. The maximum absolute atomic E-state index is 12.1. The van der Waals surface area contributed by atoms with E-state index in [-0.39, 0.29) is 5.78 Å². The summed E-state index contributed by atoms with van der Waals surface area (Å²) in [6.45, 7) is 0.397. The maximum Gasteiger partial charge on any atom is 0.673 e. The zero-order valence-corrected chi connectivity index (χ0v) is 12.7. The molecular formula is C15H12BF4NOS. The standard InChI is InChI=1S/C15H12NOS.BF4/c17-14(12-6-2-1-3-7-12)10-16-11-18-15-9-5-4-8-13(15)16;2-1(3,4)5/h1-9,11H,10H2;/q+1;-1. The lowest BCUT2D eigenvalue weighted by Gasteiger charge is -1.96. The number of Topliss-reactive ketones (excluding diaryl/α,β-unsaturated/α-hetero) is 1. The fourth-order valence-electron chi connectivity index (χ4n) is 1.96. The number of thiazole rings is 1. The highest BCUT2D eigenvalue weighted by Crippen LogP contribution is 2.15. The predicted molar refractivity (Wildman–Crippen MR) is 83.0 cm³/mol. The molecule has 0 N–H and O–H groups in total. The van der Waals surface area contributed by atoms with Crippen molar-refractivity contribution in [2.24, 2.45) is 0 Å². The van der Waals surface area contributed by atoms with Gasteiger partial charge >= 0.3 is 7.25 Å². The van der Waals surface area contributed by atoms with Crippen LogP contribution in [0.3, 0.4) is 0 Å². The third-order valence-corrected chi connectivity index (χ3v) is 3.85.